The molecule has 0 aromatic rings. The summed E-state index contributed by atoms with van der Waals surface area (Å²) in [5.74, 6) is 0.143. The van der Waals surface area contributed by atoms with E-state index in [-0.39, 0.29) is 11.0 Å². The first kappa shape index (κ1) is 12.8. The number of carboxylic acid groups (broad SMARTS) is 1. The van der Waals surface area contributed by atoms with Crippen molar-refractivity contribution in [2.75, 3.05) is 12.9 Å². The smallest absolute Gasteiger partial charge is 0.320 e. The minimum atomic E-state index is -0.754. The normalized spacial score (nSPS) is 27.7. The highest BCUT2D eigenvalue weighted by molar-refractivity contribution is 7.99. The van der Waals surface area contributed by atoms with Gasteiger partial charge in [0.2, 0.25) is 0 Å². The zero-order valence-electron chi connectivity index (χ0n) is 9.45. The van der Waals surface area contributed by atoms with Crippen molar-refractivity contribution in [3.05, 3.63) is 0 Å². The van der Waals surface area contributed by atoms with Crippen LogP contribution in [0.5, 0.6) is 0 Å². The third kappa shape index (κ3) is 4.01. The number of hydrogen-bond acceptors (Lipinski definition) is 4. The van der Waals surface area contributed by atoms with Gasteiger partial charge in [0.25, 0.3) is 0 Å². The van der Waals surface area contributed by atoms with Crippen LogP contribution < -0.4 is 5.32 Å². The lowest BCUT2D eigenvalue weighted by molar-refractivity contribution is -0.139. The Morgan fingerprint density at radius 2 is 2.33 bits per heavy atom. The van der Waals surface area contributed by atoms with Crippen LogP contribution in [-0.2, 0) is 9.53 Å². The van der Waals surface area contributed by atoms with Gasteiger partial charge in [-0.15, -0.1) is 11.8 Å². The fourth-order valence-electron chi connectivity index (χ4n) is 1.53. The van der Waals surface area contributed by atoms with Crippen molar-refractivity contribution < 1.29 is 14.6 Å². The minimum Gasteiger partial charge on any atom is -0.480 e. The predicted octanol–water partition coefficient (Wildman–Crippen LogP) is 1.31. The van der Waals surface area contributed by atoms with Crippen molar-refractivity contribution in [1.29, 1.82) is 0 Å². The summed E-state index contributed by atoms with van der Waals surface area (Å²) in [7, 11) is 1.68. The van der Waals surface area contributed by atoms with E-state index in [1.807, 2.05) is 13.8 Å². The van der Waals surface area contributed by atoms with Crippen LogP contribution in [0.2, 0.25) is 0 Å². The first-order valence-electron chi connectivity index (χ1n) is 5.10. The van der Waals surface area contributed by atoms with Crippen LogP contribution in [0, 0.1) is 0 Å². The van der Waals surface area contributed by atoms with Gasteiger partial charge in [0.15, 0.2) is 0 Å². The second-order valence-corrected chi connectivity index (χ2v) is 5.68. The molecule has 0 aromatic heterocycles. The standard InChI is InChI=1S/C10H19NO3S/c1-10(2,14-3)6-8-11-7(9(12)13)4-5-15-8/h7-8,11H,4-6H2,1-3H3,(H,12,13). The summed E-state index contributed by atoms with van der Waals surface area (Å²) in [6.45, 7) is 4.03. The quantitative estimate of drug-likeness (QED) is 0.766. The number of nitrogens with one attached hydrogen (secondary N) is 1. The second kappa shape index (κ2) is 5.18. The molecule has 0 saturated carbocycles. The molecule has 1 aliphatic rings. The molecule has 0 amide bonds. The number of aliphatic carboxylic acids is 1. The summed E-state index contributed by atoms with van der Waals surface area (Å²) in [5.41, 5.74) is -0.203. The van der Waals surface area contributed by atoms with E-state index in [4.69, 9.17) is 9.84 Å². The summed E-state index contributed by atoms with van der Waals surface area (Å²) in [5, 5.41) is 12.2. The SMILES string of the molecule is COC(C)(C)CC1NC(C(=O)O)CCS1. The van der Waals surface area contributed by atoms with Crippen molar-refractivity contribution in [2.24, 2.45) is 0 Å². The summed E-state index contributed by atoms with van der Waals surface area (Å²) < 4.78 is 5.34. The Bertz CT molecular complexity index is 233. The zero-order chi connectivity index (χ0) is 11.5. The molecule has 2 N–H and O–H groups in total. The topological polar surface area (TPSA) is 58.6 Å². The van der Waals surface area contributed by atoms with Gasteiger partial charge < -0.3 is 9.84 Å². The molecule has 4 nitrogen and oxygen atoms in total. The molecular weight excluding hydrogens is 214 g/mol. The molecule has 1 saturated heterocycles. The van der Waals surface area contributed by atoms with Gasteiger partial charge >= 0.3 is 5.97 Å². The number of rotatable bonds is 4. The van der Waals surface area contributed by atoms with Crippen LogP contribution in [0.1, 0.15) is 26.7 Å². The molecule has 0 aromatic carbocycles. The van der Waals surface area contributed by atoms with E-state index in [2.05, 4.69) is 5.32 Å². The Labute approximate surface area is 94.8 Å². The van der Waals surface area contributed by atoms with Crippen molar-refractivity contribution in [3.63, 3.8) is 0 Å². The van der Waals surface area contributed by atoms with Crippen molar-refractivity contribution in [3.8, 4) is 0 Å². The van der Waals surface area contributed by atoms with Crippen molar-refractivity contribution in [2.45, 2.75) is 43.7 Å². The summed E-state index contributed by atoms with van der Waals surface area (Å²) in [6.07, 6.45) is 1.52. The fourth-order valence-corrected chi connectivity index (χ4v) is 2.96. The van der Waals surface area contributed by atoms with Crippen molar-refractivity contribution >= 4 is 17.7 Å². The van der Waals surface area contributed by atoms with Gasteiger partial charge in [-0.2, -0.15) is 0 Å². The van der Waals surface area contributed by atoms with E-state index in [0.717, 1.165) is 12.2 Å². The molecule has 0 aliphatic carbocycles. The van der Waals surface area contributed by atoms with E-state index >= 15 is 0 Å². The van der Waals surface area contributed by atoms with Gasteiger partial charge in [-0.05, 0) is 26.0 Å². The van der Waals surface area contributed by atoms with Crippen LogP contribution >= 0.6 is 11.8 Å². The maximum Gasteiger partial charge on any atom is 0.320 e. The van der Waals surface area contributed by atoms with Gasteiger partial charge in [0.1, 0.15) is 6.04 Å². The molecule has 1 rings (SSSR count). The minimum absolute atomic E-state index is 0.176. The lowest BCUT2D eigenvalue weighted by atomic mass is 10.0. The van der Waals surface area contributed by atoms with E-state index in [1.54, 1.807) is 18.9 Å². The third-order valence-electron chi connectivity index (χ3n) is 2.64. The predicted molar refractivity (Wildman–Crippen MR) is 61.1 cm³/mol. The van der Waals surface area contributed by atoms with Crippen LogP contribution in [0.25, 0.3) is 0 Å². The van der Waals surface area contributed by atoms with Crippen LogP contribution in [-0.4, -0.2) is 41.0 Å². The molecule has 2 unspecified atom stereocenters. The molecule has 15 heavy (non-hydrogen) atoms. The number of carbonyl (C=O) groups is 1. The number of methoxy groups -OCH3 is 1. The van der Waals surface area contributed by atoms with Crippen LogP contribution in [0.15, 0.2) is 0 Å². The molecule has 5 heteroatoms. The highest BCUT2D eigenvalue weighted by Crippen LogP contribution is 2.26. The van der Waals surface area contributed by atoms with E-state index in [0.29, 0.717) is 6.42 Å². The lowest BCUT2D eigenvalue weighted by Gasteiger charge is -2.33. The fraction of sp³-hybridized carbons (Fsp3) is 0.900. The summed E-state index contributed by atoms with van der Waals surface area (Å²) >= 11 is 1.77. The average Bonchev–Trinajstić information content (AvgIpc) is 2.17. The Morgan fingerprint density at radius 3 is 2.87 bits per heavy atom. The molecule has 1 heterocycles. The number of ether oxygens (including phenoxy) is 1. The van der Waals surface area contributed by atoms with Gasteiger partial charge in [-0.25, -0.2) is 0 Å². The zero-order valence-corrected chi connectivity index (χ0v) is 10.3. The lowest BCUT2D eigenvalue weighted by Crippen LogP contribution is -2.48. The van der Waals surface area contributed by atoms with E-state index < -0.39 is 12.0 Å². The van der Waals surface area contributed by atoms with Gasteiger partial charge in [-0.1, -0.05) is 0 Å². The maximum absolute atomic E-state index is 10.8. The summed E-state index contributed by atoms with van der Waals surface area (Å²) in [6, 6.07) is -0.399. The summed E-state index contributed by atoms with van der Waals surface area (Å²) in [4.78, 5) is 10.8. The maximum atomic E-state index is 10.8. The van der Waals surface area contributed by atoms with Crippen LogP contribution in [0.4, 0.5) is 0 Å². The van der Waals surface area contributed by atoms with Crippen LogP contribution in [0.3, 0.4) is 0 Å². The molecule has 88 valence electrons. The highest BCUT2D eigenvalue weighted by atomic mass is 32.2. The first-order chi connectivity index (χ1) is 6.94. The van der Waals surface area contributed by atoms with E-state index in [1.165, 1.54) is 0 Å². The number of carboxylic acids is 1. The second-order valence-electron chi connectivity index (χ2n) is 4.37. The molecule has 2 atom stereocenters. The van der Waals surface area contributed by atoms with Gasteiger partial charge in [0.05, 0.1) is 11.0 Å². The first-order valence-corrected chi connectivity index (χ1v) is 6.15. The molecule has 0 radical (unpaired) electrons. The number of thioether (sulfide) groups is 1. The van der Waals surface area contributed by atoms with Gasteiger partial charge in [0, 0.05) is 13.5 Å². The largest absolute Gasteiger partial charge is 0.480 e. The molecule has 0 spiro atoms. The molecule has 0 bridgehead atoms. The Balaban J connectivity index is 2.46. The molecular formula is C10H19NO3S. The number of hydrogen-bond donors (Lipinski definition) is 2. The molecule has 1 aliphatic heterocycles. The Hall–Kier alpha value is -0.260. The third-order valence-corrected chi connectivity index (χ3v) is 3.82. The molecule has 1 fully saturated rings. The Kier molecular flexibility index (Phi) is 4.43. The monoisotopic (exact) mass is 233 g/mol. The highest BCUT2D eigenvalue weighted by Gasteiger charge is 2.30. The van der Waals surface area contributed by atoms with Crippen molar-refractivity contribution in [1.82, 2.24) is 5.32 Å². The van der Waals surface area contributed by atoms with E-state index in [9.17, 15) is 4.79 Å². The van der Waals surface area contributed by atoms with Gasteiger partial charge in [-0.3, -0.25) is 10.1 Å². The Morgan fingerprint density at radius 1 is 1.67 bits per heavy atom. The average molecular weight is 233 g/mol.